The Labute approximate surface area is 167 Å². The van der Waals surface area contributed by atoms with Crippen molar-refractivity contribution in [1.29, 1.82) is 0 Å². The van der Waals surface area contributed by atoms with Gasteiger partial charge in [0.05, 0.1) is 17.0 Å². The van der Waals surface area contributed by atoms with Gasteiger partial charge < -0.3 is 14.8 Å². The van der Waals surface area contributed by atoms with Crippen molar-refractivity contribution < 1.29 is 22.7 Å². The molecule has 0 saturated carbocycles. The number of hydrogen-bond acceptors (Lipinski definition) is 6. The number of carbonyl (C=O) groups is 1. The van der Waals surface area contributed by atoms with Crippen LogP contribution in [-0.4, -0.2) is 26.0 Å². The molecular formula is C20H20N2O6S. The van der Waals surface area contributed by atoms with Crippen molar-refractivity contribution in [3.05, 3.63) is 69.9 Å². The van der Waals surface area contributed by atoms with Crippen molar-refractivity contribution in [3.63, 3.8) is 0 Å². The Bertz CT molecular complexity index is 1230. The van der Waals surface area contributed by atoms with E-state index >= 15 is 0 Å². The lowest BCUT2D eigenvalue weighted by Crippen LogP contribution is -2.24. The van der Waals surface area contributed by atoms with E-state index in [0.29, 0.717) is 11.3 Å². The number of benzene rings is 2. The maximum Gasteiger partial charge on any atom is 0.337 e. The molecule has 9 heteroatoms. The van der Waals surface area contributed by atoms with E-state index in [1.165, 1.54) is 6.07 Å². The highest BCUT2D eigenvalue weighted by Gasteiger charge is 2.21. The van der Waals surface area contributed by atoms with Gasteiger partial charge in [-0.25, -0.2) is 17.9 Å². The molecule has 0 aliphatic carbocycles. The van der Waals surface area contributed by atoms with Crippen LogP contribution in [0.15, 0.2) is 62.8 Å². The minimum atomic E-state index is -3.96. The molecule has 152 valence electrons. The normalized spacial score (nSPS) is 12.6. The van der Waals surface area contributed by atoms with Crippen LogP contribution in [0, 0.1) is 0 Å². The van der Waals surface area contributed by atoms with Crippen LogP contribution in [0.3, 0.4) is 0 Å². The lowest BCUT2D eigenvalue weighted by Gasteiger charge is -2.18. The fourth-order valence-corrected chi connectivity index (χ4v) is 4.00. The molecule has 3 N–H and O–H groups in total. The highest BCUT2D eigenvalue weighted by atomic mass is 32.2. The Morgan fingerprint density at radius 2 is 1.90 bits per heavy atom. The van der Waals surface area contributed by atoms with Gasteiger partial charge in [0.1, 0.15) is 5.58 Å². The lowest BCUT2D eigenvalue weighted by atomic mass is 10.0. The summed E-state index contributed by atoms with van der Waals surface area (Å²) in [7, 11) is -3.96. The van der Waals surface area contributed by atoms with Crippen LogP contribution in [-0.2, 0) is 10.0 Å². The smallest absolute Gasteiger partial charge is 0.337 e. The molecule has 0 fully saturated rings. The highest BCUT2D eigenvalue weighted by Crippen LogP contribution is 2.28. The third-order valence-corrected chi connectivity index (χ3v) is 5.76. The quantitative estimate of drug-likeness (QED) is 0.540. The number of hydrogen-bond donors (Lipinski definition) is 3. The zero-order valence-corrected chi connectivity index (χ0v) is 16.6. The number of carboxylic acids is 1. The topological polar surface area (TPSA) is 126 Å². The van der Waals surface area contributed by atoms with Gasteiger partial charge in [0.15, 0.2) is 5.43 Å². The van der Waals surface area contributed by atoms with Crippen molar-refractivity contribution in [2.45, 2.75) is 25.0 Å². The molecule has 0 bridgehead atoms. The van der Waals surface area contributed by atoms with E-state index in [2.05, 4.69) is 10.0 Å². The first-order chi connectivity index (χ1) is 13.7. The summed E-state index contributed by atoms with van der Waals surface area (Å²) >= 11 is 0. The number of carboxylic acid groups (broad SMARTS) is 1. The molecule has 1 unspecified atom stereocenters. The largest absolute Gasteiger partial charge is 0.478 e. The molecule has 1 heterocycles. The van der Waals surface area contributed by atoms with Gasteiger partial charge in [0, 0.05) is 23.9 Å². The zero-order valence-electron chi connectivity index (χ0n) is 15.8. The molecule has 0 saturated heterocycles. The number of nitrogens with one attached hydrogen (secondary N) is 2. The van der Waals surface area contributed by atoms with Crippen LogP contribution in [0.5, 0.6) is 0 Å². The highest BCUT2D eigenvalue weighted by molar-refractivity contribution is 7.89. The van der Waals surface area contributed by atoms with Crippen LogP contribution in [0.25, 0.3) is 11.0 Å². The molecule has 0 amide bonds. The SMILES string of the molecule is CCNS(=O)(=O)c1cc(=O)c2cccc(C(C)Nc3ccccc3C(=O)O)c2o1. The maximum absolute atomic E-state index is 12.5. The van der Waals surface area contributed by atoms with E-state index in [-0.39, 0.29) is 23.1 Å². The van der Waals surface area contributed by atoms with Crippen molar-refractivity contribution in [3.8, 4) is 0 Å². The van der Waals surface area contributed by atoms with E-state index in [9.17, 15) is 23.1 Å². The first kappa shape index (κ1) is 20.6. The molecule has 0 radical (unpaired) electrons. The average molecular weight is 416 g/mol. The second kappa shape index (κ2) is 8.06. The summed E-state index contributed by atoms with van der Waals surface area (Å²) in [4.78, 5) is 23.9. The minimum absolute atomic E-state index is 0.0939. The molecule has 0 aliphatic rings. The molecule has 8 nitrogen and oxygen atoms in total. The Balaban J connectivity index is 2.11. The Morgan fingerprint density at radius 1 is 1.17 bits per heavy atom. The molecule has 1 atom stereocenters. The van der Waals surface area contributed by atoms with E-state index in [1.54, 1.807) is 50.2 Å². The predicted molar refractivity (Wildman–Crippen MR) is 109 cm³/mol. The van der Waals surface area contributed by atoms with Gasteiger partial charge in [-0.3, -0.25) is 4.79 Å². The van der Waals surface area contributed by atoms with Gasteiger partial charge in [-0.2, -0.15) is 0 Å². The zero-order chi connectivity index (χ0) is 21.2. The summed E-state index contributed by atoms with van der Waals surface area (Å²) in [5.74, 6) is -1.08. The first-order valence-electron chi connectivity index (χ1n) is 8.90. The molecular weight excluding hydrogens is 396 g/mol. The Hall–Kier alpha value is -3.17. The number of rotatable bonds is 7. The second-order valence-corrected chi connectivity index (χ2v) is 8.07. The Kier molecular flexibility index (Phi) is 5.71. The average Bonchev–Trinajstić information content (AvgIpc) is 2.67. The van der Waals surface area contributed by atoms with Gasteiger partial charge in [0.2, 0.25) is 5.09 Å². The van der Waals surface area contributed by atoms with Gasteiger partial charge in [0.25, 0.3) is 10.0 Å². The Morgan fingerprint density at radius 3 is 2.59 bits per heavy atom. The summed E-state index contributed by atoms with van der Waals surface area (Å²) in [6.45, 7) is 3.53. The van der Waals surface area contributed by atoms with Gasteiger partial charge in [-0.05, 0) is 25.1 Å². The van der Waals surface area contributed by atoms with E-state index in [4.69, 9.17) is 4.42 Å². The number of fused-ring (bicyclic) bond motifs is 1. The number of sulfonamides is 1. The summed E-state index contributed by atoms with van der Waals surface area (Å²) in [6, 6.07) is 11.8. The van der Waals surface area contributed by atoms with Crippen LogP contribution in [0.4, 0.5) is 5.69 Å². The maximum atomic E-state index is 12.5. The third kappa shape index (κ3) is 4.15. The molecule has 3 aromatic rings. The number of para-hydroxylation sites is 2. The molecule has 0 spiro atoms. The standard InChI is InChI=1S/C20H20N2O6S/c1-3-21-29(26,27)18-11-17(23)15-9-6-8-13(19(15)28-18)12(2)22-16-10-5-4-7-14(16)20(24)25/h4-12,21-22H,3H2,1-2H3,(H,24,25). The van der Waals surface area contributed by atoms with Gasteiger partial charge >= 0.3 is 5.97 Å². The fourth-order valence-electron chi connectivity index (χ4n) is 3.02. The van der Waals surface area contributed by atoms with Crippen LogP contribution in [0.2, 0.25) is 0 Å². The van der Waals surface area contributed by atoms with Crippen LogP contribution >= 0.6 is 0 Å². The van der Waals surface area contributed by atoms with Crippen LogP contribution in [0.1, 0.15) is 35.8 Å². The van der Waals surface area contributed by atoms with Crippen molar-refractivity contribution in [2.75, 3.05) is 11.9 Å². The molecule has 3 rings (SSSR count). The summed E-state index contributed by atoms with van der Waals surface area (Å²) in [5.41, 5.74) is 0.653. The number of aromatic carboxylic acids is 1. The number of anilines is 1. The van der Waals surface area contributed by atoms with Gasteiger partial charge in [-0.1, -0.05) is 31.2 Å². The molecule has 29 heavy (non-hydrogen) atoms. The van der Waals surface area contributed by atoms with Crippen molar-refractivity contribution in [1.82, 2.24) is 4.72 Å². The second-order valence-electron chi connectivity index (χ2n) is 6.37. The van der Waals surface area contributed by atoms with E-state index in [1.807, 2.05) is 0 Å². The summed E-state index contributed by atoms with van der Waals surface area (Å²) in [6.07, 6.45) is 0. The lowest BCUT2D eigenvalue weighted by molar-refractivity contribution is 0.0698. The summed E-state index contributed by atoms with van der Waals surface area (Å²) < 4.78 is 32.5. The monoisotopic (exact) mass is 416 g/mol. The van der Waals surface area contributed by atoms with E-state index < -0.39 is 32.6 Å². The van der Waals surface area contributed by atoms with Crippen molar-refractivity contribution in [2.24, 2.45) is 0 Å². The van der Waals surface area contributed by atoms with E-state index in [0.717, 1.165) is 6.07 Å². The van der Waals surface area contributed by atoms with Crippen LogP contribution < -0.4 is 15.5 Å². The molecule has 1 aromatic heterocycles. The first-order valence-corrected chi connectivity index (χ1v) is 10.4. The van der Waals surface area contributed by atoms with Crippen molar-refractivity contribution >= 4 is 32.6 Å². The summed E-state index contributed by atoms with van der Waals surface area (Å²) in [5, 5.41) is 12.2. The molecule has 2 aromatic carbocycles. The van der Waals surface area contributed by atoms with Gasteiger partial charge in [-0.15, -0.1) is 0 Å². The molecule has 0 aliphatic heterocycles. The third-order valence-electron chi connectivity index (χ3n) is 4.36. The predicted octanol–water partition coefficient (Wildman–Crippen LogP) is 2.96. The fraction of sp³-hybridized carbons (Fsp3) is 0.200. The minimum Gasteiger partial charge on any atom is -0.478 e.